The maximum absolute atomic E-state index is 13.8. The summed E-state index contributed by atoms with van der Waals surface area (Å²) in [6.45, 7) is 4.53. The van der Waals surface area contributed by atoms with Crippen LogP contribution < -0.4 is 4.90 Å². The summed E-state index contributed by atoms with van der Waals surface area (Å²) >= 11 is 13.9. The summed E-state index contributed by atoms with van der Waals surface area (Å²) in [5.41, 5.74) is 2.32. The van der Waals surface area contributed by atoms with E-state index in [0.29, 0.717) is 5.02 Å². The first-order chi connectivity index (χ1) is 19.9. The molecule has 0 bridgehead atoms. The molecule has 1 saturated heterocycles. The number of amides is 1. The minimum Gasteiger partial charge on any atom is -0.480 e. The van der Waals surface area contributed by atoms with E-state index >= 15 is 0 Å². The van der Waals surface area contributed by atoms with Gasteiger partial charge in [0.15, 0.2) is 5.13 Å². The lowest BCUT2D eigenvalue weighted by molar-refractivity contribution is -0.142. The minimum atomic E-state index is -1.11. The summed E-state index contributed by atoms with van der Waals surface area (Å²) in [7, 11) is 0. The van der Waals surface area contributed by atoms with Crippen LogP contribution >= 0.6 is 34.5 Å². The van der Waals surface area contributed by atoms with Crippen LogP contribution in [0.4, 0.5) is 5.13 Å². The molecule has 2 heterocycles. The Bertz CT molecular complexity index is 1480. The Hall–Kier alpha value is -3.43. The topological polar surface area (TPSA) is 77.0 Å². The lowest BCUT2D eigenvalue weighted by Gasteiger charge is -2.34. The van der Waals surface area contributed by atoms with Gasteiger partial charge in [-0.15, -0.1) is 11.3 Å². The second kappa shape index (κ2) is 13.5. The maximum Gasteiger partial charge on any atom is 0.326 e. The number of nitrogens with zero attached hydrogens (tertiary/aromatic N) is 4. The van der Waals surface area contributed by atoms with E-state index in [1.54, 1.807) is 12.3 Å². The summed E-state index contributed by atoms with van der Waals surface area (Å²) in [4.78, 5) is 37.9. The molecule has 212 valence electrons. The van der Waals surface area contributed by atoms with Crippen LogP contribution in [0.1, 0.15) is 26.4 Å². The smallest absolute Gasteiger partial charge is 0.326 e. The minimum absolute atomic E-state index is 0.0905. The fourth-order valence-electron chi connectivity index (χ4n) is 4.93. The number of rotatable bonds is 10. The summed E-state index contributed by atoms with van der Waals surface area (Å²) in [5.74, 6) is -1.56. The highest BCUT2D eigenvalue weighted by atomic mass is 35.5. The van der Waals surface area contributed by atoms with E-state index in [9.17, 15) is 14.7 Å². The molecule has 0 radical (unpaired) electrons. The Balaban J connectivity index is 1.33. The average molecular weight is 610 g/mol. The number of hydrogen-bond acceptors (Lipinski definition) is 6. The van der Waals surface area contributed by atoms with Crippen molar-refractivity contribution in [1.82, 2.24) is 14.8 Å². The van der Waals surface area contributed by atoms with Crippen molar-refractivity contribution >= 4 is 51.5 Å². The van der Waals surface area contributed by atoms with E-state index in [1.807, 2.05) is 36.4 Å². The molecule has 1 amide bonds. The van der Waals surface area contributed by atoms with Gasteiger partial charge in [-0.2, -0.15) is 0 Å². The van der Waals surface area contributed by atoms with E-state index < -0.39 is 17.9 Å². The van der Waals surface area contributed by atoms with Gasteiger partial charge in [0.1, 0.15) is 6.04 Å². The number of piperazine rings is 1. The van der Waals surface area contributed by atoms with Crippen molar-refractivity contribution in [2.75, 3.05) is 31.1 Å². The van der Waals surface area contributed by atoms with Crippen LogP contribution in [0.3, 0.4) is 0 Å². The van der Waals surface area contributed by atoms with Gasteiger partial charge < -0.3 is 14.9 Å². The Labute approximate surface area is 253 Å². The summed E-state index contributed by atoms with van der Waals surface area (Å²) in [5, 5.41) is 11.7. The highest BCUT2D eigenvalue weighted by Gasteiger charge is 2.32. The van der Waals surface area contributed by atoms with E-state index in [1.165, 1.54) is 33.9 Å². The predicted octanol–water partition coefficient (Wildman–Crippen LogP) is 6.11. The zero-order chi connectivity index (χ0) is 28.8. The molecule has 1 unspecified atom stereocenters. The number of aromatic nitrogens is 1. The summed E-state index contributed by atoms with van der Waals surface area (Å²) in [6, 6.07) is 23.2. The first-order valence-corrected chi connectivity index (χ1v) is 14.9. The third-order valence-corrected chi connectivity index (χ3v) is 8.71. The van der Waals surface area contributed by atoms with Crippen molar-refractivity contribution in [3.8, 4) is 0 Å². The van der Waals surface area contributed by atoms with Crippen LogP contribution in [-0.4, -0.2) is 64.0 Å². The normalized spacial score (nSPS) is 14.5. The third-order valence-electron chi connectivity index (χ3n) is 7.11. The number of carbonyl (C=O) groups is 2. The molecule has 0 spiro atoms. The maximum atomic E-state index is 13.8. The van der Waals surface area contributed by atoms with Gasteiger partial charge in [-0.05, 0) is 29.3 Å². The van der Waals surface area contributed by atoms with Gasteiger partial charge in [-0.3, -0.25) is 9.69 Å². The van der Waals surface area contributed by atoms with Crippen LogP contribution in [0.15, 0.2) is 85.1 Å². The van der Waals surface area contributed by atoms with Gasteiger partial charge in [0, 0.05) is 55.2 Å². The Morgan fingerprint density at radius 3 is 2.22 bits per heavy atom. The third kappa shape index (κ3) is 7.45. The molecule has 0 saturated carbocycles. The molecule has 7 nitrogen and oxygen atoms in total. The molecule has 3 aromatic carbocycles. The number of aliphatic carboxylic acids is 1. The van der Waals surface area contributed by atoms with Crippen molar-refractivity contribution < 1.29 is 14.7 Å². The van der Waals surface area contributed by atoms with Crippen LogP contribution in [0.25, 0.3) is 0 Å². The highest BCUT2D eigenvalue weighted by molar-refractivity contribution is 7.15. The monoisotopic (exact) mass is 608 g/mol. The first kappa shape index (κ1) is 29.1. The first-order valence-electron chi connectivity index (χ1n) is 13.4. The van der Waals surface area contributed by atoms with Crippen LogP contribution in [-0.2, 0) is 24.3 Å². The Morgan fingerprint density at radius 2 is 1.59 bits per heavy atom. The molecular formula is C31H30Cl2N4O3S. The van der Waals surface area contributed by atoms with Crippen LogP contribution in [0.2, 0.25) is 10.0 Å². The Kier molecular flexibility index (Phi) is 9.57. The number of thiazole rings is 1. The molecule has 41 heavy (non-hydrogen) atoms. The number of carbonyl (C=O) groups excluding carboxylic acids is 1. The molecule has 1 aromatic heterocycles. The van der Waals surface area contributed by atoms with E-state index in [2.05, 4.69) is 39.0 Å². The van der Waals surface area contributed by atoms with E-state index in [-0.39, 0.29) is 23.6 Å². The van der Waals surface area contributed by atoms with E-state index in [4.69, 9.17) is 23.2 Å². The van der Waals surface area contributed by atoms with Crippen molar-refractivity contribution in [3.63, 3.8) is 0 Å². The molecule has 1 N–H and O–H groups in total. The SMILES string of the molecule is O=C(O)C(Cc1ccccc1)N(Cc1cnc(N2CCN(Cc3ccccc3)CC2)s1)C(=O)c1ccc(Cl)cc1Cl. The van der Waals surface area contributed by atoms with E-state index in [0.717, 1.165) is 48.3 Å². The molecular weight excluding hydrogens is 579 g/mol. The van der Waals surface area contributed by atoms with Gasteiger partial charge in [0.25, 0.3) is 5.91 Å². The molecule has 5 rings (SSSR count). The predicted molar refractivity (Wildman–Crippen MR) is 164 cm³/mol. The lowest BCUT2D eigenvalue weighted by Crippen LogP contribution is -2.46. The number of halogens is 2. The molecule has 1 fully saturated rings. The molecule has 10 heteroatoms. The van der Waals surface area contributed by atoms with Crippen LogP contribution in [0.5, 0.6) is 0 Å². The van der Waals surface area contributed by atoms with Crippen molar-refractivity contribution in [2.24, 2.45) is 0 Å². The number of anilines is 1. The highest BCUT2D eigenvalue weighted by Crippen LogP contribution is 2.29. The lowest BCUT2D eigenvalue weighted by atomic mass is 10.0. The second-order valence-electron chi connectivity index (χ2n) is 9.96. The van der Waals surface area contributed by atoms with Crippen molar-refractivity contribution in [2.45, 2.75) is 25.6 Å². The zero-order valence-electron chi connectivity index (χ0n) is 22.3. The van der Waals surface area contributed by atoms with Crippen molar-refractivity contribution in [3.05, 3.63) is 117 Å². The van der Waals surface area contributed by atoms with Gasteiger partial charge in [-0.25, -0.2) is 9.78 Å². The number of hydrogen-bond donors (Lipinski definition) is 1. The molecule has 1 aliphatic heterocycles. The Morgan fingerprint density at radius 1 is 0.927 bits per heavy atom. The van der Waals surface area contributed by atoms with Crippen LogP contribution in [0, 0.1) is 0 Å². The zero-order valence-corrected chi connectivity index (χ0v) is 24.7. The second-order valence-corrected chi connectivity index (χ2v) is 11.9. The number of carboxylic acid groups (broad SMARTS) is 1. The van der Waals surface area contributed by atoms with Crippen molar-refractivity contribution in [1.29, 1.82) is 0 Å². The fourth-order valence-corrected chi connectivity index (χ4v) is 6.38. The van der Waals surface area contributed by atoms with Gasteiger partial charge in [-0.1, -0.05) is 83.9 Å². The molecule has 1 aliphatic rings. The quantitative estimate of drug-likeness (QED) is 0.234. The van der Waals surface area contributed by atoms with Gasteiger partial charge in [0.05, 0.1) is 17.1 Å². The van der Waals surface area contributed by atoms with Gasteiger partial charge >= 0.3 is 5.97 Å². The fraction of sp³-hybridized carbons (Fsp3) is 0.258. The van der Waals surface area contributed by atoms with Gasteiger partial charge in [0.2, 0.25) is 0 Å². The summed E-state index contributed by atoms with van der Waals surface area (Å²) < 4.78 is 0. The molecule has 4 aromatic rings. The average Bonchev–Trinajstić information content (AvgIpc) is 3.45. The largest absolute Gasteiger partial charge is 0.480 e. The number of benzene rings is 3. The number of carboxylic acids is 1. The standard InChI is InChI=1S/C31H30Cl2N4O3S/c32-24-11-12-26(27(33)18-24)29(38)37(28(30(39)40)17-22-7-3-1-4-8-22)21-25-19-34-31(41-25)36-15-13-35(14-16-36)20-23-9-5-2-6-10-23/h1-12,18-19,28H,13-17,20-21H2,(H,39,40). The molecule has 1 atom stereocenters. The molecule has 0 aliphatic carbocycles. The summed E-state index contributed by atoms with van der Waals surface area (Å²) in [6.07, 6.45) is 1.89.